The summed E-state index contributed by atoms with van der Waals surface area (Å²) in [6, 6.07) is -0.0757. The second-order valence-corrected chi connectivity index (χ2v) is 7.25. The smallest absolute Gasteiger partial charge is 0.262 e. The molecular weight excluding hydrogens is 264 g/mol. The fourth-order valence-electron chi connectivity index (χ4n) is 2.14. The summed E-state index contributed by atoms with van der Waals surface area (Å²) in [5.41, 5.74) is 6.94. The van der Waals surface area contributed by atoms with Crippen LogP contribution in [0.3, 0.4) is 0 Å². The van der Waals surface area contributed by atoms with Gasteiger partial charge in [0.05, 0.1) is 0 Å². The van der Waals surface area contributed by atoms with Gasteiger partial charge in [-0.05, 0) is 39.5 Å². The van der Waals surface area contributed by atoms with Gasteiger partial charge in [-0.2, -0.15) is 9.40 Å². The number of aryl methyl sites for hydroxylation is 1. The highest BCUT2D eigenvalue weighted by atomic mass is 32.2. The number of rotatable bonds is 6. The molecule has 0 amide bonds. The van der Waals surface area contributed by atoms with Crippen LogP contribution < -0.4 is 5.73 Å². The SMILES string of the molecule is Cc1[nH]nc(S(=O)(=O)N(CC2CC2)C(C)C)c1CN. The molecule has 1 aromatic heterocycles. The minimum atomic E-state index is -3.57. The molecule has 6 nitrogen and oxygen atoms in total. The zero-order chi connectivity index (χ0) is 14.2. The first-order chi connectivity index (χ1) is 8.87. The van der Waals surface area contributed by atoms with Crippen LogP contribution >= 0.6 is 0 Å². The standard InChI is InChI=1S/C12H22N4O2S/c1-8(2)16(7-10-4-5-10)19(17,18)12-11(6-13)9(3)14-15-12/h8,10H,4-7,13H2,1-3H3,(H,14,15). The molecule has 0 saturated heterocycles. The van der Waals surface area contributed by atoms with Crippen LogP contribution in [0.1, 0.15) is 37.9 Å². The van der Waals surface area contributed by atoms with Gasteiger partial charge in [-0.1, -0.05) is 0 Å². The van der Waals surface area contributed by atoms with Crippen molar-refractivity contribution in [3.05, 3.63) is 11.3 Å². The zero-order valence-corrected chi connectivity index (χ0v) is 12.5. The van der Waals surface area contributed by atoms with Crippen LogP contribution in [0, 0.1) is 12.8 Å². The average Bonchev–Trinajstić information content (AvgIpc) is 3.07. The van der Waals surface area contributed by atoms with Crippen LogP contribution in [0.25, 0.3) is 0 Å². The Morgan fingerprint density at radius 1 is 1.47 bits per heavy atom. The molecule has 108 valence electrons. The lowest BCUT2D eigenvalue weighted by Gasteiger charge is -2.25. The number of hydrogen-bond donors (Lipinski definition) is 2. The highest BCUT2D eigenvalue weighted by Gasteiger charge is 2.36. The van der Waals surface area contributed by atoms with E-state index in [1.54, 1.807) is 11.2 Å². The van der Waals surface area contributed by atoms with E-state index in [1.807, 2.05) is 13.8 Å². The van der Waals surface area contributed by atoms with Crippen molar-refractivity contribution in [3.63, 3.8) is 0 Å². The second-order valence-electron chi connectivity index (χ2n) is 5.45. The molecule has 0 unspecified atom stereocenters. The predicted molar refractivity (Wildman–Crippen MR) is 73.0 cm³/mol. The Morgan fingerprint density at radius 3 is 2.58 bits per heavy atom. The Kier molecular flexibility index (Phi) is 3.98. The number of nitrogens with two attached hydrogens (primary N) is 1. The molecule has 1 saturated carbocycles. The molecule has 1 aliphatic carbocycles. The Morgan fingerprint density at radius 2 is 2.11 bits per heavy atom. The van der Waals surface area contributed by atoms with Crippen molar-refractivity contribution < 1.29 is 8.42 Å². The van der Waals surface area contributed by atoms with Crippen LogP contribution in [-0.2, 0) is 16.6 Å². The molecule has 0 aliphatic heterocycles. The maximum atomic E-state index is 12.7. The third kappa shape index (κ3) is 2.82. The molecule has 0 atom stereocenters. The summed E-state index contributed by atoms with van der Waals surface area (Å²) in [4.78, 5) is 0. The van der Waals surface area contributed by atoms with Crippen molar-refractivity contribution in [1.29, 1.82) is 0 Å². The largest absolute Gasteiger partial charge is 0.326 e. The fourth-order valence-corrected chi connectivity index (χ4v) is 4.03. The van der Waals surface area contributed by atoms with Crippen molar-refractivity contribution in [2.45, 2.75) is 51.2 Å². The highest BCUT2D eigenvalue weighted by molar-refractivity contribution is 7.89. The van der Waals surface area contributed by atoms with Crippen molar-refractivity contribution >= 4 is 10.0 Å². The van der Waals surface area contributed by atoms with Crippen LogP contribution in [0.15, 0.2) is 5.03 Å². The third-order valence-corrected chi connectivity index (χ3v) is 5.52. The average molecular weight is 286 g/mol. The van der Waals surface area contributed by atoms with Crippen molar-refractivity contribution in [2.75, 3.05) is 6.54 Å². The second kappa shape index (κ2) is 5.22. The van der Waals surface area contributed by atoms with Gasteiger partial charge >= 0.3 is 0 Å². The Bertz CT molecular complexity index is 546. The van der Waals surface area contributed by atoms with Crippen molar-refractivity contribution in [2.24, 2.45) is 11.7 Å². The van der Waals surface area contributed by atoms with Gasteiger partial charge in [-0.3, -0.25) is 5.10 Å². The minimum Gasteiger partial charge on any atom is -0.326 e. The fraction of sp³-hybridized carbons (Fsp3) is 0.750. The van der Waals surface area contributed by atoms with E-state index in [0.717, 1.165) is 18.5 Å². The lowest BCUT2D eigenvalue weighted by molar-refractivity contribution is 0.340. The quantitative estimate of drug-likeness (QED) is 0.815. The van der Waals surface area contributed by atoms with E-state index in [1.165, 1.54) is 0 Å². The molecule has 2 rings (SSSR count). The van der Waals surface area contributed by atoms with E-state index in [9.17, 15) is 8.42 Å². The summed E-state index contributed by atoms with van der Waals surface area (Å²) in [7, 11) is -3.57. The van der Waals surface area contributed by atoms with E-state index in [4.69, 9.17) is 5.73 Å². The molecule has 0 radical (unpaired) electrons. The Hall–Kier alpha value is -0.920. The molecule has 3 N–H and O–H groups in total. The van der Waals surface area contributed by atoms with Gasteiger partial charge in [0.15, 0.2) is 5.03 Å². The number of nitrogens with zero attached hydrogens (tertiary/aromatic N) is 2. The lowest BCUT2D eigenvalue weighted by Crippen LogP contribution is -2.39. The highest BCUT2D eigenvalue weighted by Crippen LogP contribution is 2.32. The number of aromatic amines is 1. The van der Waals surface area contributed by atoms with E-state index >= 15 is 0 Å². The van der Waals surface area contributed by atoms with Gasteiger partial charge in [0.2, 0.25) is 0 Å². The third-order valence-electron chi connectivity index (χ3n) is 3.50. The molecule has 0 aromatic carbocycles. The molecule has 1 aliphatic rings. The molecule has 0 bridgehead atoms. The van der Waals surface area contributed by atoms with Gasteiger partial charge in [-0.15, -0.1) is 0 Å². The van der Waals surface area contributed by atoms with E-state index in [2.05, 4.69) is 10.2 Å². The number of nitrogens with one attached hydrogen (secondary N) is 1. The summed E-state index contributed by atoms with van der Waals surface area (Å²) >= 11 is 0. The first-order valence-electron chi connectivity index (χ1n) is 6.63. The summed E-state index contributed by atoms with van der Waals surface area (Å²) in [5.74, 6) is 0.499. The predicted octanol–water partition coefficient (Wildman–Crippen LogP) is 0.986. The summed E-state index contributed by atoms with van der Waals surface area (Å²) in [5, 5.41) is 6.76. The number of hydrogen-bond acceptors (Lipinski definition) is 4. The summed E-state index contributed by atoms with van der Waals surface area (Å²) in [6.45, 7) is 6.32. The lowest BCUT2D eigenvalue weighted by atomic mass is 10.3. The number of aromatic nitrogens is 2. The topological polar surface area (TPSA) is 92.1 Å². The van der Waals surface area contributed by atoms with E-state index < -0.39 is 10.0 Å². The summed E-state index contributed by atoms with van der Waals surface area (Å²) in [6.07, 6.45) is 2.23. The first kappa shape index (κ1) is 14.5. The number of sulfonamides is 1. The Balaban J connectivity index is 2.37. The van der Waals surface area contributed by atoms with Crippen LogP contribution in [0.4, 0.5) is 0 Å². The monoisotopic (exact) mass is 286 g/mol. The van der Waals surface area contributed by atoms with Gasteiger partial charge in [-0.25, -0.2) is 8.42 Å². The summed E-state index contributed by atoms with van der Waals surface area (Å²) < 4.78 is 27.0. The Labute approximate surface area is 114 Å². The van der Waals surface area contributed by atoms with Crippen LogP contribution in [0.5, 0.6) is 0 Å². The van der Waals surface area contributed by atoms with Gasteiger partial charge < -0.3 is 5.73 Å². The van der Waals surface area contributed by atoms with E-state index in [0.29, 0.717) is 18.0 Å². The maximum Gasteiger partial charge on any atom is 0.262 e. The van der Waals surface area contributed by atoms with Gasteiger partial charge in [0.25, 0.3) is 10.0 Å². The van der Waals surface area contributed by atoms with Crippen molar-refractivity contribution in [3.8, 4) is 0 Å². The normalized spacial score (nSPS) is 16.5. The van der Waals surface area contributed by atoms with E-state index in [-0.39, 0.29) is 17.6 Å². The molecule has 1 aromatic rings. The molecule has 1 heterocycles. The van der Waals surface area contributed by atoms with Crippen molar-refractivity contribution in [1.82, 2.24) is 14.5 Å². The van der Waals surface area contributed by atoms with Gasteiger partial charge in [0.1, 0.15) is 0 Å². The molecule has 1 fully saturated rings. The maximum absolute atomic E-state index is 12.7. The molecule has 7 heteroatoms. The molecular formula is C12H22N4O2S. The minimum absolute atomic E-state index is 0.0757. The number of H-pyrrole nitrogens is 1. The molecule has 0 spiro atoms. The van der Waals surface area contributed by atoms with Crippen LogP contribution in [-0.4, -0.2) is 35.5 Å². The molecule has 19 heavy (non-hydrogen) atoms. The van der Waals surface area contributed by atoms with Gasteiger partial charge in [0, 0.05) is 30.4 Å². The first-order valence-corrected chi connectivity index (χ1v) is 8.07. The zero-order valence-electron chi connectivity index (χ0n) is 11.7. The van der Waals surface area contributed by atoms with Crippen LogP contribution in [0.2, 0.25) is 0 Å².